The third-order valence-corrected chi connectivity index (χ3v) is 3.31. The van der Waals surface area contributed by atoms with Crippen LogP contribution < -0.4 is 15.4 Å². The van der Waals surface area contributed by atoms with Gasteiger partial charge in [0.25, 0.3) is 0 Å². The molecule has 0 aromatic heterocycles. The summed E-state index contributed by atoms with van der Waals surface area (Å²) in [6.45, 7) is 12.2. The van der Waals surface area contributed by atoms with Crippen molar-refractivity contribution in [3.63, 3.8) is 0 Å². The number of nitrogens with one attached hydrogen (secondary N) is 2. The molecule has 5 heteroatoms. The monoisotopic (exact) mass is 322 g/mol. The summed E-state index contributed by atoms with van der Waals surface area (Å²) < 4.78 is 10.5. The Hall–Kier alpha value is -1.75. The number of alkyl carbamates (subject to hydrolysis) is 1. The van der Waals surface area contributed by atoms with Crippen molar-refractivity contribution < 1.29 is 14.3 Å². The predicted molar refractivity (Wildman–Crippen MR) is 92.9 cm³/mol. The number of amides is 1. The molecule has 1 atom stereocenters. The van der Waals surface area contributed by atoms with E-state index >= 15 is 0 Å². The van der Waals surface area contributed by atoms with Crippen LogP contribution in [0.4, 0.5) is 4.79 Å². The third kappa shape index (κ3) is 7.37. The highest BCUT2D eigenvalue weighted by atomic mass is 16.6. The lowest BCUT2D eigenvalue weighted by atomic mass is 10.0. The van der Waals surface area contributed by atoms with E-state index in [2.05, 4.69) is 17.6 Å². The van der Waals surface area contributed by atoms with Gasteiger partial charge in [-0.3, -0.25) is 0 Å². The van der Waals surface area contributed by atoms with Crippen LogP contribution in [0.3, 0.4) is 0 Å². The van der Waals surface area contributed by atoms with Crippen molar-refractivity contribution in [3.05, 3.63) is 29.8 Å². The summed E-state index contributed by atoms with van der Waals surface area (Å²) in [6, 6.07) is 8.12. The van der Waals surface area contributed by atoms with E-state index in [1.54, 1.807) is 7.11 Å². The minimum absolute atomic E-state index is 0.167. The molecule has 0 aliphatic carbocycles. The average Bonchev–Trinajstić information content (AvgIpc) is 2.42. The first kappa shape index (κ1) is 19.3. The molecule has 130 valence electrons. The second-order valence-electron chi connectivity index (χ2n) is 7.39. The highest BCUT2D eigenvalue weighted by Crippen LogP contribution is 2.18. The lowest BCUT2D eigenvalue weighted by Gasteiger charge is -2.30. The molecule has 0 saturated heterocycles. The molecule has 0 spiro atoms. The van der Waals surface area contributed by atoms with Crippen LogP contribution in [-0.2, 0) is 4.74 Å². The molecule has 1 aromatic rings. The highest BCUT2D eigenvalue weighted by molar-refractivity contribution is 5.68. The quantitative estimate of drug-likeness (QED) is 0.839. The molecular formula is C18H30N2O3. The van der Waals surface area contributed by atoms with Crippen molar-refractivity contribution in [2.75, 3.05) is 13.7 Å². The number of ether oxygens (including phenoxy) is 2. The topological polar surface area (TPSA) is 59.6 Å². The van der Waals surface area contributed by atoms with Crippen LogP contribution in [0, 0.1) is 0 Å². The molecule has 1 rings (SSSR count). The van der Waals surface area contributed by atoms with Crippen molar-refractivity contribution in [1.82, 2.24) is 10.6 Å². The summed E-state index contributed by atoms with van der Waals surface area (Å²) in [4.78, 5) is 11.9. The molecule has 0 radical (unpaired) electrons. The molecule has 23 heavy (non-hydrogen) atoms. The van der Waals surface area contributed by atoms with Crippen molar-refractivity contribution in [1.29, 1.82) is 0 Å². The first-order chi connectivity index (χ1) is 10.5. The Morgan fingerprint density at radius 2 is 1.70 bits per heavy atom. The molecule has 0 aliphatic rings. The zero-order valence-corrected chi connectivity index (χ0v) is 15.3. The Kier molecular flexibility index (Phi) is 6.45. The average molecular weight is 322 g/mol. The molecule has 5 nitrogen and oxygen atoms in total. The van der Waals surface area contributed by atoms with Gasteiger partial charge in [0.2, 0.25) is 0 Å². The van der Waals surface area contributed by atoms with Crippen LogP contribution >= 0.6 is 0 Å². The third-order valence-electron chi connectivity index (χ3n) is 3.31. The molecule has 2 N–H and O–H groups in total. The lowest BCUT2D eigenvalue weighted by Crippen LogP contribution is -2.51. The van der Waals surface area contributed by atoms with Crippen molar-refractivity contribution in [3.8, 4) is 5.75 Å². The van der Waals surface area contributed by atoms with Crippen LogP contribution in [-0.4, -0.2) is 30.9 Å². The molecule has 1 amide bonds. The zero-order valence-electron chi connectivity index (χ0n) is 15.3. The van der Waals surface area contributed by atoms with E-state index in [4.69, 9.17) is 9.47 Å². The van der Waals surface area contributed by atoms with Crippen molar-refractivity contribution >= 4 is 6.09 Å². The van der Waals surface area contributed by atoms with Crippen molar-refractivity contribution in [2.45, 2.75) is 58.7 Å². The van der Waals surface area contributed by atoms with Gasteiger partial charge in [0, 0.05) is 12.6 Å². The summed E-state index contributed by atoms with van der Waals surface area (Å²) in [5, 5.41) is 6.33. The predicted octanol–water partition coefficient (Wildman–Crippen LogP) is 3.65. The van der Waals surface area contributed by atoms with Gasteiger partial charge in [-0.1, -0.05) is 12.1 Å². The van der Waals surface area contributed by atoms with Crippen LogP contribution in [0.2, 0.25) is 0 Å². The minimum atomic E-state index is -0.496. The molecule has 0 aliphatic heterocycles. The maximum Gasteiger partial charge on any atom is 0.408 e. The fourth-order valence-corrected chi connectivity index (χ4v) is 2.04. The largest absolute Gasteiger partial charge is 0.497 e. The van der Waals surface area contributed by atoms with E-state index in [0.29, 0.717) is 6.54 Å². The van der Waals surface area contributed by atoms with Crippen LogP contribution in [0.15, 0.2) is 24.3 Å². The van der Waals surface area contributed by atoms with E-state index in [9.17, 15) is 4.79 Å². The Labute approximate surface area is 139 Å². The van der Waals surface area contributed by atoms with Gasteiger partial charge >= 0.3 is 6.09 Å². The number of benzene rings is 1. The van der Waals surface area contributed by atoms with E-state index in [0.717, 1.165) is 5.75 Å². The first-order valence-electron chi connectivity index (χ1n) is 7.91. The zero-order chi connectivity index (χ0) is 17.7. The van der Waals surface area contributed by atoms with E-state index in [-0.39, 0.29) is 6.04 Å². The van der Waals surface area contributed by atoms with Crippen molar-refractivity contribution in [2.24, 2.45) is 0 Å². The van der Waals surface area contributed by atoms with Gasteiger partial charge in [-0.25, -0.2) is 4.79 Å². The van der Waals surface area contributed by atoms with Crippen LogP contribution in [0.5, 0.6) is 5.75 Å². The highest BCUT2D eigenvalue weighted by Gasteiger charge is 2.25. The molecule has 0 fully saturated rings. The number of methoxy groups -OCH3 is 1. The summed E-state index contributed by atoms with van der Waals surface area (Å²) >= 11 is 0. The summed E-state index contributed by atoms with van der Waals surface area (Å²) in [5.41, 5.74) is 0.256. The molecule has 0 bridgehead atoms. The van der Waals surface area contributed by atoms with Gasteiger partial charge in [0.15, 0.2) is 0 Å². The van der Waals surface area contributed by atoms with Crippen LogP contribution in [0.1, 0.15) is 53.1 Å². The number of carbonyl (C=O) groups excluding carboxylic acids is 1. The SMILES string of the molecule is COc1ccc(C(C)NCC(C)(C)NC(=O)OC(C)(C)C)cc1. The molecule has 0 heterocycles. The molecule has 1 unspecified atom stereocenters. The van der Waals surface area contributed by atoms with Gasteiger partial charge in [0.1, 0.15) is 11.4 Å². The smallest absolute Gasteiger partial charge is 0.408 e. The second-order valence-corrected chi connectivity index (χ2v) is 7.39. The summed E-state index contributed by atoms with van der Waals surface area (Å²) in [7, 11) is 1.65. The molecule has 0 saturated carbocycles. The first-order valence-corrected chi connectivity index (χ1v) is 7.91. The van der Waals surface area contributed by atoms with Gasteiger partial charge in [0.05, 0.1) is 12.6 Å². The number of carbonyl (C=O) groups is 1. The number of hydrogen-bond acceptors (Lipinski definition) is 4. The fraction of sp³-hybridized carbons (Fsp3) is 0.611. The van der Waals surface area contributed by atoms with Gasteiger partial charge < -0.3 is 20.1 Å². The van der Waals surface area contributed by atoms with Gasteiger partial charge in [-0.2, -0.15) is 0 Å². The van der Waals surface area contributed by atoms with E-state index < -0.39 is 17.2 Å². The standard InChI is InChI=1S/C18H30N2O3/c1-13(14-8-10-15(22-7)11-9-14)19-12-18(5,6)20-16(21)23-17(2,3)4/h8-11,13,19H,12H2,1-7H3,(H,20,21). The molecule has 1 aromatic carbocycles. The Balaban J connectivity index is 2.52. The maximum atomic E-state index is 11.9. The van der Waals surface area contributed by atoms with E-state index in [1.165, 1.54) is 5.56 Å². The summed E-state index contributed by atoms with van der Waals surface area (Å²) in [5.74, 6) is 0.841. The summed E-state index contributed by atoms with van der Waals surface area (Å²) in [6.07, 6.45) is -0.401. The molecular weight excluding hydrogens is 292 g/mol. The minimum Gasteiger partial charge on any atom is -0.497 e. The van der Waals surface area contributed by atoms with Gasteiger partial charge in [-0.15, -0.1) is 0 Å². The Bertz CT molecular complexity index is 504. The normalized spacial score (nSPS) is 13.3. The maximum absolute atomic E-state index is 11.9. The van der Waals surface area contributed by atoms with Gasteiger partial charge in [-0.05, 0) is 59.2 Å². The number of hydrogen-bond donors (Lipinski definition) is 2. The van der Waals surface area contributed by atoms with Crippen LogP contribution in [0.25, 0.3) is 0 Å². The number of rotatable bonds is 6. The fourth-order valence-electron chi connectivity index (χ4n) is 2.04. The lowest BCUT2D eigenvalue weighted by molar-refractivity contribution is 0.0471. The van der Waals surface area contributed by atoms with E-state index in [1.807, 2.05) is 58.9 Å². The Morgan fingerprint density at radius 3 is 2.17 bits per heavy atom. The second kappa shape index (κ2) is 7.68. The Morgan fingerprint density at radius 1 is 1.13 bits per heavy atom.